The smallest absolute Gasteiger partial charge is 0.303 e. The van der Waals surface area contributed by atoms with Gasteiger partial charge in [0.25, 0.3) is 5.91 Å². The van der Waals surface area contributed by atoms with Gasteiger partial charge in [-0.1, -0.05) is 6.08 Å². The molecule has 1 aliphatic carbocycles. The molecule has 29 heavy (non-hydrogen) atoms. The van der Waals surface area contributed by atoms with Gasteiger partial charge in [0, 0.05) is 6.42 Å². The van der Waals surface area contributed by atoms with Crippen molar-refractivity contribution >= 4 is 29.0 Å². The van der Waals surface area contributed by atoms with Crippen molar-refractivity contribution in [2.75, 3.05) is 23.8 Å². The number of fused-ring (bicyclic) bond motifs is 1. The fourth-order valence-electron chi connectivity index (χ4n) is 3.70. The number of nitrogens with zero attached hydrogens (tertiary/aromatic N) is 4. The molecule has 2 aliphatic rings. The Labute approximate surface area is 167 Å². The number of carbonyl (C=O) groups excluding carboxylic acids is 1. The van der Waals surface area contributed by atoms with Crippen LogP contribution in [0.25, 0.3) is 5.57 Å². The van der Waals surface area contributed by atoms with Crippen molar-refractivity contribution in [3.63, 3.8) is 0 Å². The SMILES string of the molecule is Nc1ncnc2c1C(=O)N(c1ccc(C3=CCC(CC(=O)O)CC3)nc1)CCO2. The van der Waals surface area contributed by atoms with Gasteiger partial charge in [-0.25, -0.2) is 9.97 Å². The highest BCUT2D eigenvalue weighted by Crippen LogP contribution is 2.32. The fourth-order valence-corrected chi connectivity index (χ4v) is 3.70. The highest BCUT2D eigenvalue weighted by Gasteiger charge is 2.29. The number of carboxylic acids is 1. The molecule has 2 aromatic heterocycles. The quantitative estimate of drug-likeness (QED) is 0.805. The molecule has 0 bridgehead atoms. The van der Waals surface area contributed by atoms with Crippen LogP contribution in [0.5, 0.6) is 5.88 Å². The van der Waals surface area contributed by atoms with Crippen molar-refractivity contribution in [2.45, 2.75) is 25.7 Å². The molecule has 0 aromatic carbocycles. The summed E-state index contributed by atoms with van der Waals surface area (Å²) in [5.74, 6) is -0.623. The molecule has 150 valence electrons. The van der Waals surface area contributed by atoms with Gasteiger partial charge >= 0.3 is 5.97 Å². The molecule has 0 saturated carbocycles. The second kappa shape index (κ2) is 7.86. The molecule has 3 N–H and O–H groups in total. The lowest BCUT2D eigenvalue weighted by Gasteiger charge is -2.22. The van der Waals surface area contributed by atoms with E-state index < -0.39 is 5.97 Å². The first-order valence-electron chi connectivity index (χ1n) is 9.45. The average Bonchev–Trinajstić information content (AvgIpc) is 2.88. The average molecular weight is 395 g/mol. The molecule has 1 amide bonds. The van der Waals surface area contributed by atoms with E-state index in [4.69, 9.17) is 15.6 Å². The highest BCUT2D eigenvalue weighted by molar-refractivity contribution is 6.10. The largest absolute Gasteiger partial charge is 0.481 e. The molecular formula is C20H21N5O4. The van der Waals surface area contributed by atoms with Gasteiger partial charge in [-0.3, -0.25) is 14.6 Å². The van der Waals surface area contributed by atoms with Gasteiger partial charge < -0.3 is 20.5 Å². The van der Waals surface area contributed by atoms with E-state index in [1.54, 1.807) is 11.1 Å². The van der Waals surface area contributed by atoms with Gasteiger partial charge in [0.2, 0.25) is 5.88 Å². The Morgan fingerprint density at radius 1 is 1.31 bits per heavy atom. The summed E-state index contributed by atoms with van der Waals surface area (Å²) >= 11 is 0. The summed E-state index contributed by atoms with van der Waals surface area (Å²) in [6.07, 6.45) is 7.56. The molecule has 4 rings (SSSR count). The number of pyridine rings is 1. The number of hydrogen-bond acceptors (Lipinski definition) is 7. The van der Waals surface area contributed by atoms with Crippen LogP contribution in [0.15, 0.2) is 30.7 Å². The highest BCUT2D eigenvalue weighted by atomic mass is 16.5. The van der Waals surface area contributed by atoms with E-state index >= 15 is 0 Å². The second-order valence-corrected chi connectivity index (χ2v) is 7.11. The van der Waals surface area contributed by atoms with E-state index in [2.05, 4.69) is 21.0 Å². The van der Waals surface area contributed by atoms with E-state index in [1.807, 2.05) is 12.1 Å². The van der Waals surface area contributed by atoms with Crippen LogP contribution in [0.2, 0.25) is 0 Å². The van der Waals surface area contributed by atoms with Crippen LogP contribution in [-0.2, 0) is 4.79 Å². The molecule has 0 spiro atoms. The number of anilines is 2. The van der Waals surface area contributed by atoms with Crippen LogP contribution < -0.4 is 15.4 Å². The Morgan fingerprint density at radius 2 is 2.17 bits per heavy atom. The summed E-state index contributed by atoms with van der Waals surface area (Å²) in [6.45, 7) is 0.627. The molecule has 0 radical (unpaired) electrons. The molecule has 1 aliphatic heterocycles. The summed E-state index contributed by atoms with van der Waals surface area (Å²) in [7, 11) is 0. The van der Waals surface area contributed by atoms with E-state index in [-0.39, 0.29) is 42.1 Å². The summed E-state index contributed by atoms with van der Waals surface area (Å²) in [5.41, 5.74) is 8.61. The number of allylic oxidation sites excluding steroid dienone is 2. The van der Waals surface area contributed by atoms with E-state index in [0.29, 0.717) is 12.2 Å². The lowest BCUT2D eigenvalue weighted by Crippen LogP contribution is -2.32. The number of aliphatic carboxylic acids is 1. The van der Waals surface area contributed by atoms with Gasteiger partial charge in [-0.15, -0.1) is 0 Å². The maximum absolute atomic E-state index is 13.0. The van der Waals surface area contributed by atoms with Gasteiger partial charge in [-0.05, 0) is 42.9 Å². The fraction of sp³-hybridized carbons (Fsp3) is 0.350. The normalized spacial score (nSPS) is 19.0. The zero-order chi connectivity index (χ0) is 20.4. The van der Waals surface area contributed by atoms with Crippen LogP contribution >= 0.6 is 0 Å². The lowest BCUT2D eigenvalue weighted by atomic mass is 9.86. The van der Waals surface area contributed by atoms with Crippen LogP contribution in [0.1, 0.15) is 41.7 Å². The van der Waals surface area contributed by atoms with Crippen molar-refractivity contribution in [2.24, 2.45) is 5.92 Å². The number of ether oxygens (including phenoxy) is 1. The Bertz CT molecular complexity index is 973. The van der Waals surface area contributed by atoms with E-state index in [9.17, 15) is 9.59 Å². The molecule has 9 heteroatoms. The van der Waals surface area contributed by atoms with E-state index in [1.165, 1.54) is 6.33 Å². The van der Waals surface area contributed by atoms with Crippen LogP contribution in [0.3, 0.4) is 0 Å². The number of hydrogen-bond donors (Lipinski definition) is 2. The standard InChI is InChI=1S/C20H21N5O4/c21-18-17-19(24-11-23-18)29-8-7-25(20(17)28)14-5-6-15(22-10-14)13-3-1-12(2-4-13)9-16(26)27/h3,5-6,10-12H,1-2,4,7-9H2,(H,26,27)(H2,21,23,24). The number of nitrogen functional groups attached to an aromatic ring is 1. The number of carboxylic acid groups (broad SMARTS) is 1. The minimum absolute atomic E-state index is 0.0831. The number of aromatic nitrogens is 3. The Hall–Kier alpha value is -3.49. The summed E-state index contributed by atoms with van der Waals surface area (Å²) in [4.78, 5) is 37.8. The molecule has 9 nitrogen and oxygen atoms in total. The van der Waals surface area contributed by atoms with E-state index in [0.717, 1.165) is 30.5 Å². The first kappa shape index (κ1) is 18.9. The Balaban J connectivity index is 1.52. The minimum Gasteiger partial charge on any atom is -0.481 e. The maximum Gasteiger partial charge on any atom is 0.303 e. The predicted molar refractivity (Wildman–Crippen MR) is 105 cm³/mol. The van der Waals surface area contributed by atoms with Crippen molar-refractivity contribution < 1.29 is 19.4 Å². The summed E-state index contributed by atoms with van der Waals surface area (Å²) in [5, 5.41) is 8.93. The number of carbonyl (C=O) groups is 2. The predicted octanol–water partition coefficient (Wildman–Crippen LogP) is 2.15. The first-order valence-corrected chi connectivity index (χ1v) is 9.45. The zero-order valence-electron chi connectivity index (χ0n) is 15.7. The summed E-state index contributed by atoms with van der Waals surface area (Å²) in [6, 6.07) is 3.72. The second-order valence-electron chi connectivity index (χ2n) is 7.11. The molecule has 0 saturated heterocycles. The summed E-state index contributed by atoms with van der Waals surface area (Å²) < 4.78 is 5.54. The first-order chi connectivity index (χ1) is 14.0. The van der Waals surface area contributed by atoms with Crippen molar-refractivity contribution in [1.29, 1.82) is 0 Å². The third-order valence-corrected chi connectivity index (χ3v) is 5.23. The van der Waals surface area contributed by atoms with Crippen LogP contribution in [0.4, 0.5) is 11.5 Å². The molecule has 3 heterocycles. The van der Waals surface area contributed by atoms with Gasteiger partial charge in [0.1, 0.15) is 24.3 Å². The van der Waals surface area contributed by atoms with Crippen LogP contribution in [-0.4, -0.2) is 45.1 Å². The molecule has 0 fully saturated rings. The number of amides is 1. The molecule has 1 atom stereocenters. The minimum atomic E-state index is -0.756. The molecule has 1 unspecified atom stereocenters. The molecular weight excluding hydrogens is 374 g/mol. The van der Waals surface area contributed by atoms with Gasteiger partial charge in [0.05, 0.1) is 24.1 Å². The Kier molecular flexibility index (Phi) is 5.11. The van der Waals surface area contributed by atoms with Crippen molar-refractivity contribution in [1.82, 2.24) is 15.0 Å². The third-order valence-electron chi connectivity index (χ3n) is 5.23. The Morgan fingerprint density at radius 3 is 2.86 bits per heavy atom. The van der Waals surface area contributed by atoms with Crippen molar-refractivity contribution in [3.8, 4) is 5.88 Å². The maximum atomic E-state index is 13.0. The van der Waals surface area contributed by atoms with Crippen LogP contribution in [0, 0.1) is 5.92 Å². The van der Waals surface area contributed by atoms with Crippen molar-refractivity contribution in [3.05, 3.63) is 42.0 Å². The molecule has 2 aromatic rings. The van der Waals surface area contributed by atoms with Gasteiger partial charge in [0.15, 0.2) is 0 Å². The number of rotatable bonds is 4. The number of nitrogens with two attached hydrogens (primary N) is 1. The van der Waals surface area contributed by atoms with Gasteiger partial charge in [-0.2, -0.15) is 0 Å². The third kappa shape index (κ3) is 3.89. The lowest BCUT2D eigenvalue weighted by molar-refractivity contribution is -0.138. The monoisotopic (exact) mass is 395 g/mol. The zero-order valence-corrected chi connectivity index (χ0v) is 15.7. The topological polar surface area (TPSA) is 132 Å².